The number of fused-ring (bicyclic) bond motifs is 1. The molecule has 0 unspecified atom stereocenters. The summed E-state index contributed by atoms with van der Waals surface area (Å²) in [7, 11) is 0. The van der Waals surface area contributed by atoms with Gasteiger partial charge in [0, 0.05) is 6.54 Å². The highest BCUT2D eigenvalue weighted by molar-refractivity contribution is 5.35. The molecule has 0 atom stereocenters. The van der Waals surface area contributed by atoms with Gasteiger partial charge < -0.3 is 5.32 Å². The van der Waals surface area contributed by atoms with Crippen LogP contribution in [0.5, 0.6) is 0 Å². The minimum atomic E-state index is 0. The van der Waals surface area contributed by atoms with Gasteiger partial charge in [0.05, 0.1) is 6.54 Å². The van der Waals surface area contributed by atoms with Gasteiger partial charge >= 0.3 is 1.43 Å². The number of benzene rings is 1. The molecular formula is C8H9N+. The lowest BCUT2D eigenvalue weighted by molar-refractivity contribution is 0.886. The molecule has 0 aromatic heterocycles. The molecular weight excluding hydrogens is 110 g/mol. The first-order valence-corrected chi connectivity index (χ1v) is 3.11. The smallest absolute Gasteiger partial charge is 0.304 e. The summed E-state index contributed by atoms with van der Waals surface area (Å²) in [6.07, 6.45) is 0. The molecule has 9 heavy (non-hydrogen) atoms. The van der Waals surface area contributed by atoms with Crippen molar-refractivity contribution in [2.45, 2.75) is 6.54 Å². The molecule has 2 rings (SSSR count). The molecule has 1 nitrogen and oxygen atoms in total. The van der Waals surface area contributed by atoms with Gasteiger partial charge in [0.15, 0.2) is 0 Å². The minimum absolute atomic E-state index is 0. The van der Waals surface area contributed by atoms with Crippen LogP contribution < -0.4 is 5.32 Å². The zero-order valence-electron chi connectivity index (χ0n) is 6.09. The SMILES string of the molecule is [CH]1NCc2ccccc21.[H+]. The maximum absolute atomic E-state index is 3.16. The Hall–Kier alpha value is -0.820. The number of rotatable bonds is 0. The zero-order valence-corrected chi connectivity index (χ0v) is 5.09. The van der Waals surface area contributed by atoms with E-state index in [1.165, 1.54) is 11.1 Å². The first kappa shape index (κ1) is 5.00. The summed E-state index contributed by atoms with van der Waals surface area (Å²) >= 11 is 0. The summed E-state index contributed by atoms with van der Waals surface area (Å²) in [5, 5.41) is 3.16. The van der Waals surface area contributed by atoms with Crippen molar-refractivity contribution in [2.75, 3.05) is 0 Å². The molecule has 1 aromatic rings. The fourth-order valence-corrected chi connectivity index (χ4v) is 1.11. The van der Waals surface area contributed by atoms with Gasteiger partial charge in [0.2, 0.25) is 0 Å². The zero-order chi connectivity index (χ0) is 6.10. The fraction of sp³-hybridized carbons (Fsp3) is 0.125. The quantitative estimate of drug-likeness (QED) is 0.544. The summed E-state index contributed by atoms with van der Waals surface area (Å²) in [5.41, 5.74) is 2.73. The van der Waals surface area contributed by atoms with Gasteiger partial charge in [-0.1, -0.05) is 24.3 Å². The second kappa shape index (κ2) is 1.85. The van der Waals surface area contributed by atoms with Crippen molar-refractivity contribution in [1.29, 1.82) is 0 Å². The van der Waals surface area contributed by atoms with E-state index < -0.39 is 0 Å². The molecule has 1 heterocycles. The molecule has 1 aromatic carbocycles. The van der Waals surface area contributed by atoms with E-state index in [0.29, 0.717) is 0 Å². The second-order valence-corrected chi connectivity index (χ2v) is 2.22. The average Bonchev–Trinajstić information content (AvgIpc) is 2.33. The van der Waals surface area contributed by atoms with Crippen molar-refractivity contribution >= 4 is 0 Å². The standard InChI is InChI=1S/C8H8N/c1-2-4-8-6-9-5-7(8)3-1/h1-5,9H,6H2/p+1. The molecule has 1 N–H and O–H groups in total. The second-order valence-electron chi connectivity index (χ2n) is 2.22. The number of hydrogen-bond donors (Lipinski definition) is 1. The molecule has 1 heteroatoms. The van der Waals surface area contributed by atoms with Crippen LogP contribution in [-0.4, -0.2) is 0 Å². The Morgan fingerprint density at radius 1 is 1.33 bits per heavy atom. The van der Waals surface area contributed by atoms with Crippen molar-refractivity contribution < 1.29 is 1.43 Å². The molecule has 0 fully saturated rings. The predicted molar refractivity (Wildman–Crippen MR) is 37.8 cm³/mol. The van der Waals surface area contributed by atoms with E-state index in [4.69, 9.17) is 0 Å². The van der Waals surface area contributed by atoms with Crippen molar-refractivity contribution in [3.8, 4) is 0 Å². The van der Waals surface area contributed by atoms with E-state index in [0.717, 1.165) is 6.54 Å². The maximum atomic E-state index is 3.16. The lowest BCUT2D eigenvalue weighted by Gasteiger charge is -1.91. The Morgan fingerprint density at radius 3 is 3.11 bits per heavy atom. The maximum Gasteiger partial charge on any atom is 1.00 e. The van der Waals surface area contributed by atoms with Crippen molar-refractivity contribution in [2.24, 2.45) is 0 Å². The van der Waals surface area contributed by atoms with E-state index >= 15 is 0 Å². The minimum Gasteiger partial charge on any atom is -0.304 e. The topological polar surface area (TPSA) is 12.0 Å². The Bertz CT molecular complexity index is 199. The van der Waals surface area contributed by atoms with E-state index in [-0.39, 0.29) is 1.43 Å². The van der Waals surface area contributed by atoms with Crippen LogP contribution in [0.3, 0.4) is 0 Å². The van der Waals surface area contributed by atoms with Crippen molar-refractivity contribution in [3.63, 3.8) is 0 Å². The van der Waals surface area contributed by atoms with Crippen LogP contribution in [-0.2, 0) is 6.54 Å². The average molecular weight is 119 g/mol. The van der Waals surface area contributed by atoms with Gasteiger partial charge in [0.25, 0.3) is 0 Å². The highest BCUT2D eigenvalue weighted by Gasteiger charge is 2.06. The third-order valence-corrected chi connectivity index (χ3v) is 1.61. The lowest BCUT2D eigenvalue weighted by Crippen LogP contribution is -1.97. The highest BCUT2D eigenvalue weighted by Crippen LogP contribution is 2.14. The van der Waals surface area contributed by atoms with Gasteiger partial charge in [-0.3, -0.25) is 0 Å². The predicted octanol–water partition coefficient (Wildman–Crippen LogP) is 1.41. The number of hydrogen-bond acceptors (Lipinski definition) is 1. The molecule has 0 amide bonds. The van der Waals surface area contributed by atoms with Crippen LogP contribution in [0.15, 0.2) is 24.3 Å². The van der Waals surface area contributed by atoms with Crippen LogP contribution in [0.2, 0.25) is 0 Å². The summed E-state index contributed by atoms with van der Waals surface area (Å²) in [6, 6.07) is 8.39. The molecule has 45 valence electrons. The van der Waals surface area contributed by atoms with E-state index in [1.54, 1.807) is 0 Å². The van der Waals surface area contributed by atoms with Crippen LogP contribution in [0, 0.1) is 6.54 Å². The lowest BCUT2D eigenvalue weighted by atomic mass is 10.1. The third kappa shape index (κ3) is 0.736. The van der Waals surface area contributed by atoms with Gasteiger partial charge in [-0.25, -0.2) is 0 Å². The Balaban J connectivity index is 0.000000500. The normalized spacial score (nSPS) is 15.6. The number of nitrogens with one attached hydrogen (secondary N) is 1. The van der Waals surface area contributed by atoms with Crippen molar-refractivity contribution in [3.05, 3.63) is 41.9 Å². The molecule has 0 bridgehead atoms. The summed E-state index contributed by atoms with van der Waals surface area (Å²) < 4.78 is 0. The van der Waals surface area contributed by atoms with E-state index in [1.807, 2.05) is 0 Å². The third-order valence-electron chi connectivity index (χ3n) is 1.61. The van der Waals surface area contributed by atoms with Crippen LogP contribution in [0.25, 0.3) is 0 Å². The van der Waals surface area contributed by atoms with E-state index in [2.05, 4.69) is 36.1 Å². The molecule has 1 aliphatic heterocycles. The largest absolute Gasteiger partial charge is 1.00 e. The molecule has 0 saturated heterocycles. The van der Waals surface area contributed by atoms with Crippen LogP contribution in [0.1, 0.15) is 12.6 Å². The van der Waals surface area contributed by atoms with Gasteiger partial charge in [-0.15, -0.1) is 0 Å². The first-order valence-electron chi connectivity index (χ1n) is 3.11. The molecule has 1 radical (unpaired) electrons. The Labute approximate surface area is 56.2 Å². The summed E-state index contributed by atoms with van der Waals surface area (Å²) in [4.78, 5) is 0. The Kier molecular flexibility index (Phi) is 1.03. The molecule has 0 aliphatic carbocycles. The fourth-order valence-electron chi connectivity index (χ4n) is 1.11. The van der Waals surface area contributed by atoms with E-state index in [9.17, 15) is 0 Å². The Morgan fingerprint density at radius 2 is 2.22 bits per heavy atom. The summed E-state index contributed by atoms with van der Waals surface area (Å²) in [5.74, 6) is 0. The van der Waals surface area contributed by atoms with Gasteiger partial charge in [0.1, 0.15) is 0 Å². The monoisotopic (exact) mass is 119 g/mol. The highest BCUT2D eigenvalue weighted by atomic mass is 14.9. The molecule has 1 aliphatic rings. The van der Waals surface area contributed by atoms with Crippen LogP contribution >= 0.6 is 0 Å². The first-order chi connectivity index (χ1) is 4.47. The van der Waals surface area contributed by atoms with Gasteiger partial charge in [-0.05, 0) is 11.1 Å². The molecule has 0 spiro atoms. The van der Waals surface area contributed by atoms with Crippen LogP contribution in [0.4, 0.5) is 0 Å². The van der Waals surface area contributed by atoms with Gasteiger partial charge in [-0.2, -0.15) is 0 Å². The van der Waals surface area contributed by atoms with Crippen molar-refractivity contribution in [1.82, 2.24) is 5.32 Å². The summed E-state index contributed by atoms with van der Waals surface area (Å²) in [6.45, 7) is 3.05. The molecule has 0 saturated carbocycles.